The number of hydrogen-bond donors (Lipinski definition) is 1. The van der Waals surface area contributed by atoms with Crippen molar-refractivity contribution in [3.05, 3.63) is 45.7 Å². The van der Waals surface area contributed by atoms with Crippen molar-refractivity contribution in [3.8, 4) is 0 Å². The SMILES string of the molecule is O=C(NCCC1=CCCC1)c1c(F)cccc1Br. The molecule has 1 aliphatic rings. The average Bonchev–Trinajstić information content (AvgIpc) is 2.82. The minimum absolute atomic E-state index is 0.0814. The van der Waals surface area contributed by atoms with E-state index in [0.717, 1.165) is 19.3 Å². The van der Waals surface area contributed by atoms with E-state index < -0.39 is 5.82 Å². The minimum atomic E-state index is -0.498. The van der Waals surface area contributed by atoms with E-state index in [2.05, 4.69) is 27.3 Å². The van der Waals surface area contributed by atoms with Crippen LogP contribution in [0.5, 0.6) is 0 Å². The summed E-state index contributed by atoms with van der Waals surface area (Å²) in [6, 6.07) is 4.52. The molecule has 1 amide bonds. The highest BCUT2D eigenvalue weighted by molar-refractivity contribution is 9.10. The maximum absolute atomic E-state index is 13.5. The number of nitrogens with one attached hydrogen (secondary N) is 1. The number of carbonyl (C=O) groups is 1. The zero-order valence-corrected chi connectivity index (χ0v) is 11.6. The molecule has 0 atom stereocenters. The number of halogens is 2. The lowest BCUT2D eigenvalue weighted by Gasteiger charge is -2.08. The standard InChI is InChI=1S/C14H15BrFNO/c15-11-6-3-7-12(16)13(11)14(18)17-9-8-10-4-1-2-5-10/h3-4,6-7H,1-2,5,8-9H2,(H,17,18). The molecule has 0 aliphatic heterocycles. The molecule has 1 N–H and O–H groups in total. The van der Waals surface area contributed by atoms with E-state index in [-0.39, 0.29) is 11.5 Å². The predicted molar refractivity (Wildman–Crippen MR) is 73.0 cm³/mol. The molecule has 0 saturated heterocycles. The first-order valence-corrected chi connectivity index (χ1v) is 6.88. The summed E-state index contributed by atoms with van der Waals surface area (Å²) in [6.45, 7) is 0.561. The van der Waals surface area contributed by atoms with Crippen LogP contribution < -0.4 is 5.32 Å². The molecule has 1 aromatic carbocycles. The van der Waals surface area contributed by atoms with Crippen LogP contribution in [0.4, 0.5) is 4.39 Å². The molecular formula is C14H15BrFNO. The van der Waals surface area contributed by atoms with Gasteiger partial charge in [0.1, 0.15) is 5.82 Å². The second-order valence-electron chi connectivity index (χ2n) is 4.36. The smallest absolute Gasteiger partial charge is 0.255 e. The van der Waals surface area contributed by atoms with Crippen LogP contribution in [0, 0.1) is 5.82 Å². The van der Waals surface area contributed by atoms with Crippen LogP contribution in [0.1, 0.15) is 36.0 Å². The number of allylic oxidation sites excluding steroid dienone is 1. The summed E-state index contributed by atoms with van der Waals surface area (Å²) < 4.78 is 14.0. The van der Waals surface area contributed by atoms with Gasteiger partial charge in [-0.05, 0) is 53.7 Å². The van der Waals surface area contributed by atoms with Crippen molar-refractivity contribution in [2.45, 2.75) is 25.7 Å². The Morgan fingerprint density at radius 3 is 2.94 bits per heavy atom. The van der Waals surface area contributed by atoms with Crippen LogP contribution in [0.15, 0.2) is 34.3 Å². The predicted octanol–water partition coefficient (Wildman–Crippen LogP) is 3.82. The van der Waals surface area contributed by atoms with Crippen molar-refractivity contribution < 1.29 is 9.18 Å². The number of rotatable bonds is 4. The first-order chi connectivity index (χ1) is 8.68. The van der Waals surface area contributed by atoms with Crippen molar-refractivity contribution in [3.63, 3.8) is 0 Å². The van der Waals surface area contributed by atoms with Gasteiger partial charge in [0, 0.05) is 11.0 Å². The highest BCUT2D eigenvalue weighted by atomic mass is 79.9. The van der Waals surface area contributed by atoms with Gasteiger partial charge in [0.05, 0.1) is 5.56 Å². The summed E-state index contributed by atoms with van der Waals surface area (Å²) in [5.41, 5.74) is 1.47. The van der Waals surface area contributed by atoms with Crippen LogP contribution >= 0.6 is 15.9 Å². The van der Waals surface area contributed by atoms with Crippen LogP contribution in [0.2, 0.25) is 0 Å². The van der Waals surface area contributed by atoms with Crippen molar-refractivity contribution >= 4 is 21.8 Å². The van der Waals surface area contributed by atoms with Gasteiger partial charge in [-0.25, -0.2) is 4.39 Å². The fourth-order valence-corrected chi connectivity index (χ4v) is 2.63. The Morgan fingerprint density at radius 1 is 1.44 bits per heavy atom. The Hall–Kier alpha value is -1.16. The van der Waals surface area contributed by atoms with Crippen LogP contribution in [0.25, 0.3) is 0 Å². The first-order valence-electron chi connectivity index (χ1n) is 6.08. The zero-order chi connectivity index (χ0) is 13.0. The Bertz CT molecular complexity index is 464. The van der Waals surface area contributed by atoms with Gasteiger partial charge in [0.15, 0.2) is 0 Å². The Morgan fingerprint density at radius 2 is 2.28 bits per heavy atom. The molecule has 18 heavy (non-hydrogen) atoms. The molecule has 2 nitrogen and oxygen atoms in total. The van der Waals surface area contributed by atoms with Gasteiger partial charge in [-0.1, -0.05) is 17.7 Å². The molecule has 0 fully saturated rings. The molecule has 0 saturated carbocycles. The quantitative estimate of drug-likeness (QED) is 0.842. The van der Waals surface area contributed by atoms with Gasteiger partial charge in [-0.15, -0.1) is 0 Å². The molecule has 96 valence electrons. The summed E-state index contributed by atoms with van der Waals surface area (Å²) in [4.78, 5) is 11.9. The van der Waals surface area contributed by atoms with Crippen LogP contribution in [-0.2, 0) is 0 Å². The monoisotopic (exact) mass is 311 g/mol. The molecule has 0 spiro atoms. The molecule has 1 aliphatic carbocycles. The van der Waals surface area contributed by atoms with E-state index in [1.807, 2.05) is 0 Å². The zero-order valence-electron chi connectivity index (χ0n) is 10.0. The number of benzene rings is 1. The van der Waals surface area contributed by atoms with Crippen molar-refractivity contribution in [1.82, 2.24) is 5.32 Å². The fourth-order valence-electron chi connectivity index (χ4n) is 2.10. The number of carbonyl (C=O) groups excluding carboxylic acids is 1. The van der Waals surface area contributed by atoms with Crippen LogP contribution in [-0.4, -0.2) is 12.5 Å². The van der Waals surface area contributed by atoms with E-state index >= 15 is 0 Å². The molecular weight excluding hydrogens is 297 g/mol. The topological polar surface area (TPSA) is 29.1 Å². The molecule has 0 heterocycles. The number of hydrogen-bond acceptors (Lipinski definition) is 1. The summed E-state index contributed by atoms with van der Waals surface area (Å²) in [7, 11) is 0. The van der Waals surface area contributed by atoms with Gasteiger partial charge in [-0.3, -0.25) is 4.79 Å². The van der Waals surface area contributed by atoms with Gasteiger partial charge in [0.2, 0.25) is 0 Å². The summed E-state index contributed by atoms with van der Waals surface area (Å²) in [6.07, 6.45) is 6.56. The van der Waals surface area contributed by atoms with Gasteiger partial charge < -0.3 is 5.32 Å². The normalized spacial score (nSPS) is 14.4. The largest absolute Gasteiger partial charge is 0.352 e. The molecule has 0 radical (unpaired) electrons. The maximum Gasteiger partial charge on any atom is 0.255 e. The van der Waals surface area contributed by atoms with E-state index in [9.17, 15) is 9.18 Å². The van der Waals surface area contributed by atoms with E-state index in [1.165, 1.54) is 18.1 Å². The molecule has 2 rings (SSSR count). The van der Waals surface area contributed by atoms with E-state index in [0.29, 0.717) is 11.0 Å². The Labute approximate surface area is 114 Å². The summed E-state index contributed by atoms with van der Waals surface area (Å²) in [5.74, 6) is -0.861. The van der Waals surface area contributed by atoms with Crippen molar-refractivity contribution in [1.29, 1.82) is 0 Å². The Balaban J connectivity index is 1.91. The van der Waals surface area contributed by atoms with Gasteiger partial charge in [-0.2, -0.15) is 0 Å². The maximum atomic E-state index is 13.5. The highest BCUT2D eigenvalue weighted by Crippen LogP contribution is 2.21. The van der Waals surface area contributed by atoms with Gasteiger partial charge in [0.25, 0.3) is 5.91 Å². The lowest BCUT2D eigenvalue weighted by atomic mass is 10.1. The van der Waals surface area contributed by atoms with Crippen LogP contribution in [0.3, 0.4) is 0 Å². The molecule has 0 bridgehead atoms. The van der Waals surface area contributed by atoms with E-state index in [1.54, 1.807) is 12.1 Å². The first kappa shape index (κ1) is 13.3. The third kappa shape index (κ3) is 3.19. The third-order valence-electron chi connectivity index (χ3n) is 3.06. The molecule has 1 aromatic rings. The fraction of sp³-hybridized carbons (Fsp3) is 0.357. The second-order valence-corrected chi connectivity index (χ2v) is 5.21. The Kier molecular flexibility index (Phi) is 4.53. The highest BCUT2D eigenvalue weighted by Gasteiger charge is 2.15. The molecule has 4 heteroatoms. The minimum Gasteiger partial charge on any atom is -0.352 e. The second kappa shape index (κ2) is 6.14. The molecule has 0 unspecified atom stereocenters. The lowest BCUT2D eigenvalue weighted by Crippen LogP contribution is -2.26. The summed E-state index contributed by atoms with van der Waals surface area (Å²) >= 11 is 3.19. The third-order valence-corrected chi connectivity index (χ3v) is 3.72. The van der Waals surface area contributed by atoms with Gasteiger partial charge >= 0.3 is 0 Å². The van der Waals surface area contributed by atoms with Crippen molar-refractivity contribution in [2.24, 2.45) is 0 Å². The van der Waals surface area contributed by atoms with E-state index in [4.69, 9.17) is 0 Å². The number of amides is 1. The molecule has 0 aromatic heterocycles. The average molecular weight is 312 g/mol. The lowest BCUT2D eigenvalue weighted by molar-refractivity contribution is 0.0949. The van der Waals surface area contributed by atoms with Crippen molar-refractivity contribution in [2.75, 3.05) is 6.54 Å². The summed E-state index contributed by atoms with van der Waals surface area (Å²) in [5, 5.41) is 2.76.